The number of aromatic hydroxyl groups is 1. The lowest BCUT2D eigenvalue weighted by Gasteiger charge is -2.19. The maximum Gasteiger partial charge on any atom is 0.184 e. The molecule has 0 amide bonds. The van der Waals surface area contributed by atoms with Crippen molar-refractivity contribution in [3.8, 4) is 16.2 Å². The van der Waals surface area contributed by atoms with Gasteiger partial charge in [0.1, 0.15) is 12.3 Å². The van der Waals surface area contributed by atoms with Crippen molar-refractivity contribution < 1.29 is 9.90 Å². The van der Waals surface area contributed by atoms with Gasteiger partial charge >= 0.3 is 0 Å². The number of Topliss-reactive ketones (excluding diaryl/α,β-unsaturated/α-hetero) is 1. The molecule has 4 heteroatoms. The number of nitrogens with zero attached hydrogens (tertiary/aromatic N) is 1. The van der Waals surface area contributed by atoms with Gasteiger partial charge in [-0.25, -0.2) is 0 Å². The van der Waals surface area contributed by atoms with E-state index in [9.17, 15) is 9.90 Å². The number of benzene rings is 2. The lowest BCUT2D eigenvalue weighted by atomic mass is 9.86. The number of ketones is 1. The first-order valence-electron chi connectivity index (χ1n) is 10.1. The van der Waals surface area contributed by atoms with E-state index in [1.807, 2.05) is 56.5 Å². The Bertz CT molecular complexity index is 1100. The smallest absolute Gasteiger partial charge is 0.184 e. The number of aliphatic imine (C=N–C) groups is 1. The van der Waals surface area contributed by atoms with Gasteiger partial charge < -0.3 is 5.11 Å². The molecule has 0 unspecified atom stereocenters. The number of carbonyl (C=O) groups excluding carboxylic acids is 1. The first-order chi connectivity index (χ1) is 14.1. The van der Waals surface area contributed by atoms with Gasteiger partial charge in [-0.15, -0.1) is 11.3 Å². The van der Waals surface area contributed by atoms with Gasteiger partial charge in [-0.05, 0) is 54.5 Å². The molecule has 0 bridgehead atoms. The molecule has 1 heterocycles. The molecule has 2 aromatic carbocycles. The highest BCUT2D eigenvalue weighted by Gasteiger charge is 2.17. The molecule has 30 heavy (non-hydrogen) atoms. The maximum atomic E-state index is 12.5. The molecule has 0 aliphatic carbocycles. The van der Waals surface area contributed by atoms with E-state index in [1.165, 1.54) is 16.9 Å². The molecule has 0 spiro atoms. The van der Waals surface area contributed by atoms with Crippen LogP contribution in [-0.4, -0.2) is 23.1 Å². The van der Waals surface area contributed by atoms with E-state index in [0.717, 1.165) is 21.6 Å². The molecule has 3 aromatic rings. The van der Waals surface area contributed by atoms with Crippen molar-refractivity contribution in [2.45, 2.75) is 47.0 Å². The van der Waals surface area contributed by atoms with Gasteiger partial charge in [0.25, 0.3) is 0 Å². The van der Waals surface area contributed by atoms with Gasteiger partial charge in [0.2, 0.25) is 0 Å². The molecule has 0 radical (unpaired) electrons. The number of hydrogen-bond acceptors (Lipinski definition) is 4. The van der Waals surface area contributed by atoms with E-state index in [0.29, 0.717) is 16.8 Å². The highest BCUT2D eigenvalue weighted by molar-refractivity contribution is 7.14. The van der Waals surface area contributed by atoms with E-state index in [4.69, 9.17) is 0 Å². The molecule has 1 N–H and O–H groups in total. The Labute approximate surface area is 183 Å². The third kappa shape index (κ3) is 4.71. The Balaban J connectivity index is 1.79. The van der Waals surface area contributed by atoms with Gasteiger partial charge in [-0.2, -0.15) is 0 Å². The van der Waals surface area contributed by atoms with Crippen LogP contribution in [-0.2, 0) is 5.41 Å². The Morgan fingerprint density at radius 3 is 2.30 bits per heavy atom. The SMILES string of the molecule is CC(=NCC(=O)c1ccc(C)c(C)c1)c1csc(-c2ccc(C(C)(C)C)cc2)c1O. The van der Waals surface area contributed by atoms with Crippen LogP contribution in [0.15, 0.2) is 52.8 Å². The summed E-state index contributed by atoms with van der Waals surface area (Å²) in [5.74, 6) is 0.202. The lowest BCUT2D eigenvalue weighted by molar-refractivity contribution is 0.100. The fourth-order valence-electron chi connectivity index (χ4n) is 3.22. The Kier molecular flexibility index (Phi) is 6.27. The van der Waals surface area contributed by atoms with Crippen molar-refractivity contribution in [1.82, 2.24) is 0 Å². The van der Waals surface area contributed by atoms with Gasteiger partial charge in [0.15, 0.2) is 5.78 Å². The van der Waals surface area contributed by atoms with Crippen molar-refractivity contribution in [3.05, 3.63) is 75.7 Å². The second kappa shape index (κ2) is 8.57. The van der Waals surface area contributed by atoms with Crippen LogP contribution >= 0.6 is 11.3 Å². The number of aryl methyl sites for hydroxylation is 2. The molecule has 3 nitrogen and oxygen atoms in total. The largest absolute Gasteiger partial charge is 0.506 e. The number of rotatable bonds is 5. The highest BCUT2D eigenvalue weighted by atomic mass is 32.1. The summed E-state index contributed by atoms with van der Waals surface area (Å²) in [4.78, 5) is 17.8. The van der Waals surface area contributed by atoms with Crippen molar-refractivity contribution in [3.63, 3.8) is 0 Å². The average Bonchev–Trinajstić information content (AvgIpc) is 3.08. The minimum Gasteiger partial charge on any atom is -0.506 e. The molecule has 0 fully saturated rings. The Morgan fingerprint density at radius 2 is 1.70 bits per heavy atom. The van der Waals surface area contributed by atoms with Crippen LogP contribution in [0.2, 0.25) is 0 Å². The molecule has 0 atom stereocenters. The fourth-order valence-corrected chi connectivity index (χ4v) is 4.23. The summed E-state index contributed by atoms with van der Waals surface area (Å²) in [6, 6.07) is 14.0. The average molecular weight is 420 g/mol. The summed E-state index contributed by atoms with van der Waals surface area (Å²) >= 11 is 1.49. The van der Waals surface area contributed by atoms with Gasteiger partial charge in [0.05, 0.1) is 4.88 Å². The Hall–Kier alpha value is -2.72. The standard InChI is InChI=1S/C26H29NO2S/c1-16-7-8-20(13-17(16)2)23(28)14-27-18(3)22-15-30-25(24(22)29)19-9-11-21(12-10-19)26(4,5)6/h7-13,15,29H,14H2,1-6H3. The van der Waals surface area contributed by atoms with Crippen molar-refractivity contribution in [2.24, 2.45) is 4.99 Å². The van der Waals surface area contributed by atoms with E-state index in [1.54, 1.807) is 0 Å². The second-order valence-corrected chi connectivity index (χ2v) is 9.66. The van der Waals surface area contributed by atoms with Crippen LogP contribution in [0, 0.1) is 13.8 Å². The van der Waals surface area contributed by atoms with Crippen molar-refractivity contribution in [2.75, 3.05) is 6.54 Å². The first-order valence-corrected chi connectivity index (χ1v) is 11.0. The van der Waals surface area contributed by atoms with E-state index >= 15 is 0 Å². The van der Waals surface area contributed by atoms with Crippen LogP contribution in [0.3, 0.4) is 0 Å². The van der Waals surface area contributed by atoms with Crippen LogP contribution < -0.4 is 0 Å². The number of thiophene rings is 1. The normalized spacial score (nSPS) is 12.3. The monoisotopic (exact) mass is 419 g/mol. The summed E-state index contributed by atoms with van der Waals surface area (Å²) in [6.07, 6.45) is 0. The van der Waals surface area contributed by atoms with E-state index < -0.39 is 0 Å². The summed E-state index contributed by atoms with van der Waals surface area (Å²) < 4.78 is 0. The predicted octanol–water partition coefficient (Wildman–Crippen LogP) is 6.73. The predicted molar refractivity (Wildman–Crippen MR) is 127 cm³/mol. The molecular formula is C26H29NO2S. The van der Waals surface area contributed by atoms with Crippen LogP contribution in [0.1, 0.15) is 60.3 Å². The zero-order valence-electron chi connectivity index (χ0n) is 18.5. The topological polar surface area (TPSA) is 49.7 Å². The summed E-state index contributed by atoms with van der Waals surface area (Å²) in [5.41, 5.74) is 6.61. The molecule has 0 saturated carbocycles. The summed E-state index contributed by atoms with van der Waals surface area (Å²) in [7, 11) is 0. The minimum absolute atomic E-state index is 0.0230. The van der Waals surface area contributed by atoms with Crippen LogP contribution in [0.4, 0.5) is 0 Å². The van der Waals surface area contributed by atoms with Crippen LogP contribution in [0.5, 0.6) is 5.75 Å². The second-order valence-electron chi connectivity index (χ2n) is 8.78. The Morgan fingerprint density at radius 1 is 1.03 bits per heavy atom. The van der Waals surface area contributed by atoms with Gasteiger partial charge in [0, 0.05) is 22.2 Å². The molecule has 0 saturated heterocycles. The first kappa shape index (κ1) is 22.0. The fraction of sp³-hybridized carbons (Fsp3) is 0.308. The van der Waals surface area contributed by atoms with Crippen LogP contribution in [0.25, 0.3) is 10.4 Å². The number of carbonyl (C=O) groups is 1. The summed E-state index contributed by atoms with van der Waals surface area (Å²) in [6.45, 7) is 12.5. The quantitative estimate of drug-likeness (QED) is 0.368. The molecular weight excluding hydrogens is 390 g/mol. The highest BCUT2D eigenvalue weighted by Crippen LogP contribution is 2.39. The third-order valence-electron chi connectivity index (χ3n) is 5.46. The van der Waals surface area contributed by atoms with Gasteiger partial charge in [-0.1, -0.05) is 57.2 Å². The number of hydrogen-bond donors (Lipinski definition) is 1. The summed E-state index contributed by atoms with van der Waals surface area (Å²) in [5, 5.41) is 12.7. The maximum absolute atomic E-state index is 12.5. The molecule has 0 aliphatic rings. The zero-order valence-corrected chi connectivity index (χ0v) is 19.4. The van der Waals surface area contributed by atoms with Gasteiger partial charge in [-0.3, -0.25) is 9.79 Å². The minimum atomic E-state index is -0.0230. The lowest BCUT2D eigenvalue weighted by Crippen LogP contribution is -2.10. The molecule has 0 aliphatic heterocycles. The third-order valence-corrected chi connectivity index (χ3v) is 6.47. The molecule has 1 aromatic heterocycles. The molecule has 3 rings (SSSR count). The molecule has 156 valence electrons. The van der Waals surface area contributed by atoms with E-state index in [-0.39, 0.29) is 23.5 Å². The van der Waals surface area contributed by atoms with Crippen molar-refractivity contribution >= 4 is 22.8 Å². The van der Waals surface area contributed by atoms with Crippen molar-refractivity contribution in [1.29, 1.82) is 0 Å². The van der Waals surface area contributed by atoms with E-state index in [2.05, 4.69) is 37.9 Å². The zero-order chi connectivity index (χ0) is 22.1.